The number of carbonyl (C=O) groups is 1. The number of aryl methyl sites for hydroxylation is 1. The Morgan fingerprint density at radius 3 is 2.85 bits per heavy atom. The Bertz CT molecular complexity index is 1050. The third kappa shape index (κ3) is 3.45. The summed E-state index contributed by atoms with van der Waals surface area (Å²) < 4.78 is 0.739. The number of hydrogen-bond acceptors (Lipinski definition) is 6. The van der Waals surface area contributed by atoms with Crippen LogP contribution >= 0.6 is 23.1 Å². The maximum atomic E-state index is 12.9. The number of nitro benzene ring substituents is 1. The van der Waals surface area contributed by atoms with Crippen molar-refractivity contribution in [3.8, 4) is 0 Å². The topological polar surface area (TPSA) is 76.3 Å². The molecule has 0 bridgehead atoms. The average Bonchev–Trinajstić information content (AvgIpc) is 3.27. The van der Waals surface area contributed by atoms with Crippen LogP contribution in [0.15, 0.2) is 57.1 Å². The fraction of sp³-hybridized carbons (Fsp3) is 0.158. The number of carbonyl (C=O) groups excluding carboxylic acids is 1. The fourth-order valence-corrected chi connectivity index (χ4v) is 4.94. The van der Waals surface area contributed by atoms with Crippen molar-refractivity contribution >= 4 is 40.4 Å². The number of anilines is 1. The molecule has 1 aliphatic heterocycles. The van der Waals surface area contributed by atoms with Crippen LogP contribution < -0.4 is 4.90 Å². The average molecular weight is 397 g/mol. The number of nitrogens with zero attached hydrogens (tertiary/aromatic N) is 3. The predicted octanol–water partition coefficient (Wildman–Crippen LogP) is 4.71. The molecule has 0 saturated carbocycles. The highest BCUT2D eigenvalue weighted by Gasteiger charge is 2.27. The number of para-hydroxylation sites is 1. The molecule has 3 aromatic rings. The molecule has 27 heavy (non-hydrogen) atoms. The zero-order chi connectivity index (χ0) is 19.0. The zero-order valence-corrected chi connectivity index (χ0v) is 16.0. The van der Waals surface area contributed by atoms with Crippen molar-refractivity contribution in [2.45, 2.75) is 22.6 Å². The van der Waals surface area contributed by atoms with Gasteiger partial charge in [-0.1, -0.05) is 30.0 Å². The normalized spacial score (nSPS) is 12.9. The van der Waals surface area contributed by atoms with E-state index in [1.54, 1.807) is 17.0 Å². The monoisotopic (exact) mass is 397 g/mol. The van der Waals surface area contributed by atoms with E-state index in [4.69, 9.17) is 0 Å². The third-order valence-corrected chi connectivity index (χ3v) is 6.45. The molecule has 0 N–H and O–H groups in total. The lowest BCUT2D eigenvalue weighted by molar-refractivity contribution is -0.387. The quantitative estimate of drug-likeness (QED) is 0.470. The summed E-state index contributed by atoms with van der Waals surface area (Å²) >= 11 is 2.69. The molecule has 1 amide bonds. The molecule has 0 radical (unpaired) electrons. The minimum Gasteiger partial charge on any atom is -0.308 e. The van der Waals surface area contributed by atoms with Gasteiger partial charge >= 0.3 is 0 Å². The van der Waals surface area contributed by atoms with Gasteiger partial charge in [0.2, 0.25) is 0 Å². The van der Waals surface area contributed by atoms with E-state index in [0.29, 0.717) is 17.0 Å². The van der Waals surface area contributed by atoms with Gasteiger partial charge in [0, 0.05) is 34.9 Å². The molecule has 0 unspecified atom stereocenters. The molecule has 1 aliphatic rings. The van der Waals surface area contributed by atoms with Crippen LogP contribution in [0.3, 0.4) is 0 Å². The number of nitro groups is 1. The summed E-state index contributed by atoms with van der Waals surface area (Å²) in [5.41, 5.74) is 3.11. The van der Waals surface area contributed by atoms with Crippen LogP contribution in [-0.2, 0) is 6.42 Å². The molecule has 136 valence electrons. The van der Waals surface area contributed by atoms with Gasteiger partial charge in [-0.3, -0.25) is 14.9 Å². The first-order chi connectivity index (χ1) is 13.0. The van der Waals surface area contributed by atoms with Gasteiger partial charge in [-0.2, -0.15) is 0 Å². The van der Waals surface area contributed by atoms with E-state index in [9.17, 15) is 14.9 Å². The van der Waals surface area contributed by atoms with Crippen molar-refractivity contribution in [2.24, 2.45) is 0 Å². The Labute approximate surface area is 164 Å². The van der Waals surface area contributed by atoms with Crippen molar-refractivity contribution in [2.75, 3.05) is 11.4 Å². The first kappa shape index (κ1) is 17.7. The summed E-state index contributed by atoms with van der Waals surface area (Å²) in [5.74, 6) is -0.218. The number of amides is 1. The highest BCUT2D eigenvalue weighted by molar-refractivity contribution is 8.01. The first-order valence-electron chi connectivity index (χ1n) is 8.31. The molecule has 2 aromatic carbocycles. The lowest BCUT2D eigenvalue weighted by atomic mass is 10.1. The Hall–Kier alpha value is -2.71. The molecule has 6 nitrogen and oxygen atoms in total. The third-order valence-electron chi connectivity index (χ3n) is 4.33. The Morgan fingerprint density at radius 1 is 1.30 bits per heavy atom. The maximum absolute atomic E-state index is 12.9. The minimum absolute atomic E-state index is 0.0776. The van der Waals surface area contributed by atoms with Crippen LogP contribution in [0.2, 0.25) is 0 Å². The highest BCUT2D eigenvalue weighted by atomic mass is 32.2. The van der Waals surface area contributed by atoms with Gasteiger partial charge < -0.3 is 4.90 Å². The largest absolute Gasteiger partial charge is 0.308 e. The zero-order valence-electron chi connectivity index (χ0n) is 14.4. The van der Waals surface area contributed by atoms with Crippen LogP contribution in [0.5, 0.6) is 0 Å². The van der Waals surface area contributed by atoms with Gasteiger partial charge in [-0.05, 0) is 37.1 Å². The van der Waals surface area contributed by atoms with E-state index in [1.807, 2.05) is 36.6 Å². The van der Waals surface area contributed by atoms with Gasteiger partial charge in [0.1, 0.15) is 0 Å². The lowest BCUT2D eigenvalue weighted by Crippen LogP contribution is -2.28. The molecular weight excluding hydrogens is 382 g/mol. The van der Waals surface area contributed by atoms with E-state index in [2.05, 4.69) is 4.98 Å². The number of thiazole rings is 1. The Morgan fingerprint density at radius 2 is 2.11 bits per heavy atom. The number of aromatic nitrogens is 1. The van der Waals surface area contributed by atoms with Crippen LogP contribution in [0, 0.1) is 17.0 Å². The molecular formula is C19H15N3O3S2. The summed E-state index contributed by atoms with van der Waals surface area (Å²) in [6.07, 6.45) is 0.793. The number of benzene rings is 2. The molecule has 4 rings (SSSR count). The molecule has 1 aromatic heterocycles. The first-order valence-corrected chi connectivity index (χ1v) is 10.0. The number of rotatable bonds is 4. The summed E-state index contributed by atoms with van der Waals surface area (Å²) in [6.45, 7) is 2.46. The molecule has 8 heteroatoms. The molecule has 0 atom stereocenters. The second-order valence-electron chi connectivity index (χ2n) is 6.13. The molecule has 0 spiro atoms. The molecule has 0 fully saturated rings. The van der Waals surface area contributed by atoms with Crippen molar-refractivity contribution in [1.29, 1.82) is 0 Å². The second-order valence-corrected chi connectivity index (χ2v) is 8.28. The van der Waals surface area contributed by atoms with Gasteiger partial charge in [0.05, 0.1) is 9.82 Å². The molecule has 0 aliphatic carbocycles. The van der Waals surface area contributed by atoms with Crippen LogP contribution in [-0.4, -0.2) is 22.4 Å². The fourth-order valence-electron chi connectivity index (χ4n) is 3.06. The van der Waals surface area contributed by atoms with Gasteiger partial charge in [0.25, 0.3) is 11.6 Å². The van der Waals surface area contributed by atoms with Crippen molar-refractivity contribution in [3.05, 3.63) is 74.8 Å². The number of hydrogen-bond donors (Lipinski definition) is 0. The van der Waals surface area contributed by atoms with Crippen molar-refractivity contribution in [1.82, 2.24) is 4.98 Å². The standard InChI is InChI=1S/C19H15N3O3S2/c1-12-11-26-19(20-12)27-17-7-6-14(10-16(17)22(24)25)18(23)21-9-8-13-4-2-3-5-15(13)21/h2-7,10-11H,8-9H2,1H3. The number of fused-ring (bicyclic) bond motifs is 1. The summed E-state index contributed by atoms with van der Waals surface area (Å²) in [4.78, 5) is 30.6. The summed E-state index contributed by atoms with van der Waals surface area (Å²) in [7, 11) is 0. The predicted molar refractivity (Wildman–Crippen MR) is 106 cm³/mol. The van der Waals surface area contributed by atoms with Crippen molar-refractivity contribution in [3.63, 3.8) is 0 Å². The van der Waals surface area contributed by atoms with Crippen LogP contribution in [0.1, 0.15) is 21.6 Å². The highest BCUT2D eigenvalue weighted by Crippen LogP contribution is 2.37. The molecule has 0 saturated heterocycles. The van der Waals surface area contributed by atoms with Gasteiger partial charge in [-0.15, -0.1) is 11.3 Å². The van der Waals surface area contributed by atoms with Crippen LogP contribution in [0.4, 0.5) is 11.4 Å². The van der Waals surface area contributed by atoms with E-state index < -0.39 is 4.92 Å². The van der Waals surface area contributed by atoms with E-state index in [0.717, 1.165) is 27.7 Å². The van der Waals surface area contributed by atoms with Crippen LogP contribution in [0.25, 0.3) is 0 Å². The second kappa shape index (κ2) is 7.13. The summed E-state index contributed by atoms with van der Waals surface area (Å²) in [6, 6.07) is 12.4. The Kier molecular flexibility index (Phi) is 4.67. The Balaban J connectivity index is 1.65. The van der Waals surface area contributed by atoms with E-state index >= 15 is 0 Å². The van der Waals surface area contributed by atoms with E-state index in [-0.39, 0.29) is 11.6 Å². The maximum Gasteiger partial charge on any atom is 0.284 e. The minimum atomic E-state index is -0.447. The molecule has 2 heterocycles. The summed E-state index contributed by atoms with van der Waals surface area (Å²) in [5, 5.41) is 13.5. The van der Waals surface area contributed by atoms with Gasteiger partial charge in [-0.25, -0.2) is 4.98 Å². The smallest absolute Gasteiger partial charge is 0.284 e. The van der Waals surface area contributed by atoms with Crippen molar-refractivity contribution < 1.29 is 9.72 Å². The van der Waals surface area contributed by atoms with Gasteiger partial charge in [0.15, 0.2) is 4.34 Å². The van der Waals surface area contributed by atoms with E-state index in [1.165, 1.54) is 29.2 Å². The SMILES string of the molecule is Cc1csc(Sc2ccc(C(=O)N3CCc4ccccc43)cc2[N+](=O)[O-])n1. The lowest BCUT2D eigenvalue weighted by Gasteiger charge is -2.17.